The Morgan fingerprint density at radius 3 is 2.09 bits per heavy atom. The van der Waals surface area contributed by atoms with E-state index >= 15 is 0 Å². The van der Waals surface area contributed by atoms with E-state index in [9.17, 15) is 9.59 Å². The quantitative estimate of drug-likeness (QED) is 0.685. The van der Waals surface area contributed by atoms with E-state index in [0.29, 0.717) is 6.04 Å². The summed E-state index contributed by atoms with van der Waals surface area (Å²) in [7, 11) is 0. The van der Waals surface area contributed by atoms with Gasteiger partial charge in [-0.2, -0.15) is 0 Å². The summed E-state index contributed by atoms with van der Waals surface area (Å²) in [6, 6.07) is 7.38. The third kappa shape index (κ3) is 4.21. The van der Waals surface area contributed by atoms with E-state index in [1.54, 1.807) is 12.1 Å². The summed E-state index contributed by atoms with van der Waals surface area (Å²) < 4.78 is 0. The molecule has 1 aromatic rings. The van der Waals surface area contributed by atoms with Crippen LogP contribution in [0.15, 0.2) is 24.3 Å². The van der Waals surface area contributed by atoms with Crippen LogP contribution < -0.4 is 21.3 Å². The molecule has 1 saturated carbocycles. The SMILES string of the molecule is O=C(Nc1ccc(NC(=O)C2CCNCC2)cc1)NC1CC1. The van der Waals surface area contributed by atoms with Gasteiger partial charge in [0.05, 0.1) is 0 Å². The van der Waals surface area contributed by atoms with Crippen molar-refractivity contribution in [3.63, 3.8) is 0 Å². The first kappa shape index (κ1) is 14.8. The second-order valence-electron chi connectivity index (χ2n) is 5.96. The maximum absolute atomic E-state index is 12.1. The molecule has 0 atom stereocenters. The van der Waals surface area contributed by atoms with Crippen LogP contribution in [0.5, 0.6) is 0 Å². The average Bonchev–Trinajstić information content (AvgIpc) is 3.34. The Hall–Kier alpha value is -2.08. The highest BCUT2D eigenvalue weighted by atomic mass is 16.2. The van der Waals surface area contributed by atoms with Crippen molar-refractivity contribution in [3.05, 3.63) is 24.3 Å². The number of carbonyl (C=O) groups excluding carboxylic acids is 2. The summed E-state index contributed by atoms with van der Waals surface area (Å²) in [6.07, 6.45) is 3.89. The van der Waals surface area contributed by atoms with Crippen LogP contribution in [0.3, 0.4) is 0 Å². The second-order valence-corrected chi connectivity index (χ2v) is 5.96. The molecule has 0 aromatic heterocycles. The average molecular weight is 302 g/mol. The molecule has 3 rings (SSSR count). The number of rotatable bonds is 4. The summed E-state index contributed by atoms with van der Waals surface area (Å²) >= 11 is 0. The number of piperidine rings is 1. The molecule has 2 fully saturated rings. The molecule has 1 saturated heterocycles. The van der Waals surface area contributed by atoms with Crippen LogP contribution in [0.4, 0.5) is 16.2 Å². The monoisotopic (exact) mass is 302 g/mol. The minimum Gasteiger partial charge on any atom is -0.335 e. The van der Waals surface area contributed by atoms with E-state index in [-0.39, 0.29) is 17.9 Å². The third-order valence-corrected chi connectivity index (χ3v) is 4.03. The normalized spacial score (nSPS) is 18.5. The molecule has 1 aliphatic carbocycles. The van der Waals surface area contributed by atoms with Gasteiger partial charge < -0.3 is 21.3 Å². The topological polar surface area (TPSA) is 82.3 Å². The molecule has 22 heavy (non-hydrogen) atoms. The number of amides is 3. The summed E-state index contributed by atoms with van der Waals surface area (Å²) in [6.45, 7) is 1.80. The number of hydrogen-bond donors (Lipinski definition) is 4. The van der Waals surface area contributed by atoms with Crippen LogP contribution in [0.1, 0.15) is 25.7 Å². The first-order chi connectivity index (χ1) is 10.7. The van der Waals surface area contributed by atoms with E-state index in [2.05, 4.69) is 21.3 Å². The Bertz CT molecular complexity index is 534. The van der Waals surface area contributed by atoms with Crippen molar-refractivity contribution in [2.75, 3.05) is 23.7 Å². The lowest BCUT2D eigenvalue weighted by molar-refractivity contribution is -0.120. The Balaban J connectivity index is 1.49. The van der Waals surface area contributed by atoms with Crippen molar-refractivity contribution < 1.29 is 9.59 Å². The van der Waals surface area contributed by atoms with Crippen molar-refractivity contribution in [3.8, 4) is 0 Å². The number of benzene rings is 1. The summed E-state index contributed by atoms with van der Waals surface area (Å²) in [5.74, 6) is 0.164. The predicted molar refractivity (Wildman–Crippen MR) is 85.8 cm³/mol. The molecule has 0 radical (unpaired) electrons. The fourth-order valence-corrected chi connectivity index (χ4v) is 2.55. The molecule has 0 spiro atoms. The molecule has 3 amide bonds. The number of urea groups is 1. The van der Waals surface area contributed by atoms with Crippen molar-refractivity contribution in [2.45, 2.75) is 31.7 Å². The van der Waals surface area contributed by atoms with Gasteiger partial charge in [-0.15, -0.1) is 0 Å². The number of anilines is 2. The molecule has 1 aromatic carbocycles. The van der Waals surface area contributed by atoms with E-state index in [1.165, 1.54) is 0 Å². The van der Waals surface area contributed by atoms with Crippen LogP contribution in [-0.2, 0) is 4.79 Å². The number of carbonyl (C=O) groups is 2. The highest BCUT2D eigenvalue weighted by Gasteiger charge is 2.23. The van der Waals surface area contributed by atoms with Crippen LogP contribution in [0.25, 0.3) is 0 Å². The standard InChI is InChI=1S/C16H22N4O2/c21-15(11-7-9-17-10-8-11)18-12-1-3-13(4-2-12)19-16(22)20-14-5-6-14/h1-4,11,14,17H,5-10H2,(H,18,21)(H2,19,20,22). The maximum Gasteiger partial charge on any atom is 0.319 e. The zero-order valence-electron chi connectivity index (χ0n) is 12.5. The van der Waals surface area contributed by atoms with Gasteiger partial charge in [0.2, 0.25) is 5.91 Å². The summed E-state index contributed by atoms with van der Waals surface area (Å²) in [5.41, 5.74) is 1.48. The minimum absolute atomic E-state index is 0.0775. The van der Waals surface area contributed by atoms with Gasteiger partial charge in [-0.25, -0.2) is 4.79 Å². The molecule has 4 N–H and O–H groups in total. The van der Waals surface area contributed by atoms with Gasteiger partial charge >= 0.3 is 6.03 Å². The van der Waals surface area contributed by atoms with Gasteiger partial charge in [0.1, 0.15) is 0 Å². The van der Waals surface area contributed by atoms with Gasteiger partial charge in [0.15, 0.2) is 0 Å². The van der Waals surface area contributed by atoms with Gasteiger partial charge in [0, 0.05) is 23.3 Å². The second kappa shape index (κ2) is 6.79. The van der Waals surface area contributed by atoms with Crippen LogP contribution in [0.2, 0.25) is 0 Å². The van der Waals surface area contributed by atoms with Crippen LogP contribution in [0, 0.1) is 5.92 Å². The smallest absolute Gasteiger partial charge is 0.319 e. The van der Waals surface area contributed by atoms with E-state index in [0.717, 1.165) is 50.1 Å². The molecular weight excluding hydrogens is 280 g/mol. The minimum atomic E-state index is -0.172. The first-order valence-electron chi connectivity index (χ1n) is 7.90. The maximum atomic E-state index is 12.1. The lowest BCUT2D eigenvalue weighted by atomic mass is 9.97. The van der Waals surface area contributed by atoms with Gasteiger partial charge in [-0.05, 0) is 63.0 Å². The van der Waals surface area contributed by atoms with E-state index < -0.39 is 0 Å². The van der Waals surface area contributed by atoms with Gasteiger partial charge in [-0.3, -0.25) is 4.79 Å². The molecule has 118 valence electrons. The van der Waals surface area contributed by atoms with Crippen LogP contribution >= 0.6 is 0 Å². The molecule has 1 heterocycles. The largest absolute Gasteiger partial charge is 0.335 e. The zero-order chi connectivity index (χ0) is 15.4. The highest BCUT2D eigenvalue weighted by molar-refractivity contribution is 5.93. The molecule has 6 heteroatoms. The molecular formula is C16H22N4O2. The Morgan fingerprint density at radius 2 is 1.50 bits per heavy atom. The van der Waals surface area contributed by atoms with Gasteiger partial charge in [-0.1, -0.05) is 0 Å². The highest BCUT2D eigenvalue weighted by Crippen LogP contribution is 2.20. The third-order valence-electron chi connectivity index (χ3n) is 4.03. The summed E-state index contributed by atoms with van der Waals surface area (Å²) in [4.78, 5) is 23.8. The van der Waals surface area contributed by atoms with Crippen molar-refractivity contribution >= 4 is 23.3 Å². The molecule has 0 unspecified atom stereocenters. The summed E-state index contributed by atoms with van der Waals surface area (Å²) in [5, 5.41) is 11.8. The Morgan fingerprint density at radius 1 is 0.909 bits per heavy atom. The lowest BCUT2D eigenvalue weighted by Gasteiger charge is -2.21. The van der Waals surface area contributed by atoms with Crippen molar-refractivity contribution in [1.29, 1.82) is 0 Å². The Kier molecular flexibility index (Phi) is 4.58. The fraction of sp³-hybridized carbons (Fsp3) is 0.500. The molecule has 1 aliphatic heterocycles. The first-order valence-corrected chi connectivity index (χ1v) is 7.90. The van der Waals surface area contributed by atoms with Crippen molar-refractivity contribution in [2.24, 2.45) is 5.92 Å². The lowest BCUT2D eigenvalue weighted by Crippen LogP contribution is -2.34. The number of nitrogens with one attached hydrogen (secondary N) is 4. The number of hydrogen-bond acceptors (Lipinski definition) is 3. The molecule has 6 nitrogen and oxygen atoms in total. The Labute approximate surface area is 130 Å². The van der Waals surface area contributed by atoms with E-state index in [4.69, 9.17) is 0 Å². The fourth-order valence-electron chi connectivity index (χ4n) is 2.55. The zero-order valence-corrected chi connectivity index (χ0v) is 12.5. The van der Waals surface area contributed by atoms with E-state index in [1.807, 2.05) is 12.1 Å². The molecule has 0 bridgehead atoms. The van der Waals surface area contributed by atoms with Crippen molar-refractivity contribution in [1.82, 2.24) is 10.6 Å². The predicted octanol–water partition coefficient (Wildman–Crippen LogP) is 1.91. The molecule has 2 aliphatic rings. The van der Waals surface area contributed by atoms with Crippen LogP contribution in [-0.4, -0.2) is 31.1 Å². The van der Waals surface area contributed by atoms with Gasteiger partial charge in [0.25, 0.3) is 0 Å².